The fraction of sp³-hybridized carbons (Fsp3) is 0.462. The molecule has 6 nitrogen and oxygen atoms in total. The van der Waals surface area contributed by atoms with E-state index in [0.717, 1.165) is 31.0 Å². The zero-order valence-corrected chi connectivity index (χ0v) is 12.6. The van der Waals surface area contributed by atoms with Crippen LogP contribution in [0.4, 0.5) is 0 Å². The van der Waals surface area contributed by atoms with Gasteiger partial charge in [0.2, 0.25) is 5.96 Å². The first-order valence-electron chi connectivity index (χ1n) is 6.26. The van der Waals surface area contributed by atoms with Crippen molar-refractivity contribution >= 4 is 18.4 Å². The van der Waals surface area contributed by atoms with E-state index >= 15 is 0 Å². The zero-order valence-electron chi connectivity index (χ0n) is 11.8. The number of methoxy groups -OCH3 is 2. The molecular formula is C13H21ClN4O2. The molecule has 0 amide bonds. The van der Waals surface area contributed by atoms with Crippen LogP contribution in [-0.2, 0) is 6.54 Å². The van der Waals surface area contributed by atoms with E-state index in [1.165, 1.54) is 0 Å². The first-order chi connectivity index (χ1) is 9.24. The van der Waals surface area contributed by atoms with Crippen molar-refractivity contribution < 1.29 is 9.47 Å². The predicted octanol–water partition coefficient (Wildman–Crippen LogP) is 1.15. The molecule has 1 heterocycles. The van der Waals surface area contributed by atoms with Crippen LogP contribution in [0, 0.1) is 0 Å². The lowest BCUT2D eigenvalue weighted by Gasteiger charge is -2.24. The van der Waals surface area contributed by atoms with E-state index in [4.69, 9.17) is 15.3 Å². The Hall–Kier alpha value is -1.66. The molecule has 3 N–H and O–H groups in total. The molecule has 0 bridgehead atoms. The summed E-state index contributed by atoms with van der Waals surface area (Å²) >= 11 is 0. The highest BCUT2D eigenvalue weighted by Gasteiger charge is 2.12. The van der Waals surface area contributed by atoms with Gasteiger partial charge >= 0.3 is 0 Å². The van der Waals surface area contributed by atoms with Crippen molar-refractivity contribution in [1.29, 1.82) is 0 Å². The number of rotatable bonds is 4. The summed E-state index contributed by atoms with van der Waals surface area (Å²) in [6.07, 6.45) is 1.05. The fourth-order valence-electron chi connectivity index (χ4n) is 1.96. The van der Waals surface area contributed by atoms with Gasteiger partial charge in [0.1, 0.15) is 0 Å². The largest absolute Gasteiger partial charge is 0.493 e. The quantitative estimate of drug-likeness (QED) is 0.645. The van der Waals surface area contributed by atoms with Crippen LogP contribution in [-0.4, -0.2) is 38.3 Å². The van der Waals surface area contributed by atoms with E-state index in [-0.39, 0.29) is 12.4 Å². The van der Waals surface area contributed by atoms with E-state index in [1.54, 1.807) is 19.2 Å². The Balaban J connectivity index is 0.00000200. The third-order valence-corrected chi connectivity index (χ3v) is 2.95. The number of guanidine groups is 1. The Bertz CT molecular complexity index is 468. The van der Waals surface area contributed by atoms with Crippen molar-refractivity contribution in [3.8, 4) is 11.5 Å². The van der Waals surface area contributed by atoms with Gasteiger partial charge in [0.15, 0.2) is 11.5 Å². The number of hydrogen-bond acceptors (Lipinski definition) is 6. The fourth-order valence-corrected chi connectivity index (χ4v) is 1.96. The molecule has 1 aromatic rings. The second-order valence-electron chi connectivity index (χ2n) is 4.30. The van der Waals surface area contributed by atoms with E-state index in [2.05, 4.69) is 10.3 Å². The molecule has 0 fully saturated rings. The lowest BCUT2D eigenvalue weighted by atomic mass is 10.2. The van der Waals surface area contributed by atoms with Gasteiger partial charge in [-0.25, -0.2) is 5.84 Å². The first kappa shape index (κ1) is 16.4. The standard InChI is InChI=1S/C13H20N4O2.ClH/c1-18-11-5-4-10(8-12(11)19-2)9-17(14)13-15-6-3-7-16-13;/h4-5,8H,3,6-7,9,14H2,1-2H3,(H,15,16);1H. The smallest absolute Gasteiger partial charge is 0.208 e. The van der Waals surface area contributed by atoms with Gasteiger partial charge in [-0.15, -0.1) is 12.4 Å². The van der Waals surface area contributed by atoms with E-state index < -0.39 is 0 Å². The van der Waals surface area contributed by atoms with Crippen LogP contribution in [0.2, 0.25) is 0 Å². The molecular weight excluding hydrogens is 280 g/mol. The van der Waals surface area contributed by atoms with Crippen LogP contribution < -0.4 is 20.6 Å². The predicted molar refractivity (Wildman–Crippen MR) is 81.4 cm³/mol. The number of benzene rings is 1. The Kier molecular flexibility index (Phi) is 6.41. The Labute approximate surface area is 125 Å². The van der Waals surface area contributed by atoms with Gasteiger partial charge in [-0.2, -0.15) is 0 Å². The number of hydrazine groups is 1. The first-order valence-corrected chi connectivity index (χ1v) is 6.26. The number of nitrogens with zero attached hydrogens (tertiary/aromatic N) is 2. The van der Waals surface area contributed by atoms with Gasteiger partial charge in [-0.05, 0) is 24.1 Å². The zero-order chi connectivity index (χ0) is 13.7. The molecule has 0 spiro atoms. The molecule has 112 valence electrons. The number of halogens is 1. The molecule has 7 heteroatoms. The molecule has 1 aromatic carbocycles. The second kappa shape index (κ2) is 7.81. The summed E-state index contributed by atoms with van der Waals surface area (Å²) in [5.41, 5.74) is 1.04. The van der Waals surface area contributed by atoms with Crippen LogP contribution in [0.15, 0.2) is 23.2 Å². The molecule has 0 aromatic heterocycles. The normalized spacial score (nSPS) is 13.7. The molecule has 1 aliphatic rings. The van der Waals surface area contributed by atoms with Crippen molar-refractivity contribution in [3.05, 3.63) is 23.8 Å². The maximum atomic E-state index is 6.01. The Morgan fingerprint density at radius 1 is 1.30 bits per heavy atom. The van der Waals surface area contributed by atoms with Crippen LogP contribution in [0.5, 0.6) is 11.5 Å². The van der Waals surface area contributed by atoms with Gasteiger partial charge in [-0.3, -0.25) is 10.0 Å². The van der Waals surface area contributed by atoms with Crippen LogP contribution in [0.1, 0.15) is 12.0 Å². The van der Waals surface area contributed by atoms with Crippen molar-refractivity contribution in [2.45, 2.75) is 13.0 Å². The maximum Gasteiger partial charge on any atom is 0.208 e. The van der Waals surface area contributed by atoms with E-state index in [0.29, 0.717) is 18.0 Å². The molecule has 0 radical (unpaired) electrons. The molecule has 0 saturated carbocycles. The molecule has 1 aliphatic heterocycles. The average molecular weight is 301 g/mol. The van der Waals surface area contributed by atoms with Crippen molar-refractivity contribution in [1.82, 2.24) is 10.3 Å². The van der Waals surface area contributed by atoms with Gasteiger partial charge in [-0.1, -0.05) is 6.07 Å². The number of aliphatic imine (C=N–C) groups is 1. The molecule has 0 aliphatic carbocycles. The number of nitrogens with two attached hydrogens (primary N) is 1. The number of nitrogens with one attached hydrogen (secondary N) is 1. The second-order valence-corrected chi connectivity index (χ2v) is 4.30. The van der Waals surface area contributed by atoms with Crippen molar-refractivity contribution in [3.63, 3.8) is 0 Å². The van der Waals surface area contributed by atoms with Crippen LogP contribution >= 0.6 is 12.4 Å². The third-order valence-electron chi connectivity index (χ3n) is 2.95. The summed E-state index contributed by atoms with van der Waals surface area (Å²) in [6.45, 7) is 2.30. The summed E-state index contributed by atoms with van der Waals surface area (Å²) in [7, 11) is 3.24. The Morgan fingerprint density at radius 3 is 2.65 bits per heavy atom. The van der Waals surface area contributed by atoms with Crippen LogP contribution in [0.3, 0.4) is 0 Å². The highest BCUT2D eigenvalue weighted by Crippen LogP contribution is 2.27. The lowest BCUT2D eigenvalue weighted by Crippen LogP contribution is -2.47. The summed E-state index contributed by atoms with van der Waals surface area (Å²) in [4.78, 5) is 4.35. The summed E-state index contributed by atoms with van der Waals surface area (Å²) in [5.74, 6) is 8.16. The topological polar surface area (TPSA) is 72.1 Å². The number of hydrogen-bond donors (Lipinski definition) is 2. The van der Waals surface area contributed by atoms with Crippen molar-refractivity contribution in [2.75, 3.05) is 27.3 Å². The molecule has 20 heavy (non-hydrogen) atoms. The minimum atomic E-state index is 0. The lowest BCUT2D eigenvalue weighted by molar-refractivity contribution is 0.352. The summed E-state index contributed by atoms with van der Waals surface area (Å²) in [6, 6.07) is 5.75. The molecule has 0 atom stereocenters. The monoisotopic (exact) mass is 300 g/mol. The van der Waals surface area contributed by atoms with Gasteiger partial charge in [0.05, 0.1) is 20.8 Å². The minimum absolute atomic E-state index is 0. The SMILES string of the molecule is COc1ccc(CN(N)C2=NCCCN2)cc1OC.Cl. The van der Waals surface area contributed by atoms with Crippen molar-refractivity contribution in [2.24, 2.45) is 10.8 Å². The average Bonchev–Trinajstić information content (AvgIpc) is 2.48. The highest BCUT2D eigenvalue weighted by molar-refractivity contribution is 5.85. The third kappa shape index (κ3) is 3.91. The molecule has 0 saturated heterocycles. The molecule has 0 unspecified atom stereocenters. The van der Waals surface area contributed by atoms with Gasteiger partial charge in [0, 0.05) is 13.1 Å². The number of ether oxygens (including phenoxy) is 2. The highest BCUT2D eigenvalue weighted by atomic mass is 35.5. The van der Waals surface area contributed by atoms with E-state index in [9.17, 15) is 0 Å². The maximum absolute atomic E-state index is 6.01. The minimum Gasteiger partial charge on any atom is -0.493 e. The van der Waals surface area contributed by atoms with E-state index in [1.807, 2.05) is 18.2 Å². The Morgan fingerprint density at radius 2 is 2.05 bits per heavy atom. The van der Waals surface area contributed by atoms with Crippen LogP contribution in [0.25, 0.3) is 0 Å². The van der Waals surface area contributed by atoms with Gasteiger partial charge in [0.25, 0.3) is 0 Å². The summed E-state index contributed by atoms with van der Waals surface area (Å²) in [5, 5.41) is 4.80. The molecule has 2 rings (SSSR count). The summed E-state index contributed by atoms with van der Waals surface area (Å²) < 4.78 is 10.5. The van der Waals surface area contributed by atoms with Gasteiger partial charge < -0.3 is 14.8 Å².